The van der Waals surface area contributed by atoms with Gasteiger partial charge in [-0.2, -0.15) is 0 Å². The van der Waals surface area contributed by atoms with Crippen molar-refractivity contribution in [3.8, 4) is 0 Å². The molecule has 0 amide bonds. The van der Waals surface area contributed by atoms with E-state index in [1.165, 1.54) is 70.6 Å². The van der Waals surface area contributed by atoms with Crippen LogP contribution in [0.3, 0.4) is 0 Å². The summed E-state index contributed by atoms with van der Waals surface area (Å²) in [6.45, 7) is 2.29. The minimum absolute atomic E-state index is 0.548. The van der Waals surface area contributed by atoms with Crippen molar-refractivity contribution in [1.29, 1.82) is 0 Å². The molecule has 0 aromatic carbocycles. The Hall–Kier alpha value is -0.260. The van der Waals surface area contributed by atoms with Gasteiger partial charge in [0.25, 0.3) is 0 Å². The third-order valence-corrected chi connectivity index (χ3v) is 4.68. The van der Waals surface area contributed by atoms with Crippen molar-refractivity contribution in [3.05, 3.63) is 18.6 Å². The molecule has 0 N–H and O–H groups in total. The first-order chi connectivity index (χ1) is 8.35. The molecule has 0 nitrogen and oxygen atoms in total. The molecule has 0 aromatic rings. The Labute approximate surface area is 108 Å². The molecule has 2 aliphatic carbocycles. The molecule has 0 saturated heterocycles. The topological polar surface area (TPSA) is 0 Å². The van der Waals surface area contributed by atoms with Crippen LogP contribution >= 0.6 is 0 Å². The van der Waals surface area contributed by atoms with Crippen molar-refractivity contribution in [1.82, 2.24) is 0 Å². The summed E-state index contributed by atoms with van der Waals surface area (Å²) in [4.78, 5) is 0. The van der Waals surface area contributed by atoms with E-state index < -0.39 is 0 Å². The summed E-state index contributed by atoms with van der Waals surface area (Å²) in [7, 11) is 0. The third kappa shape index (κ3) is 3.86. The smallest absolute Gasteiger partial charge is 0.00811 e. The molecule has 2 rings (SSSR count). The predicted molar refractivity (Wildman–Crippen MR) is 75.8 cm³/mol. The van der Waals surface area contributed by atoms with Gasteiger partial charge in [0.15, 0.2) is 0 Å². The van der Waals surface area contributed by atoms with Crippen LogP contribution in [-0.4, -0.2) is 0 Å². The van der Waals surface area contributed by atoms with E-state index in [0.29, 0.717) is 5.41 Å². The lowest BCUT2D eigenvalue weighted by Gasteiger charge is -2.22. The molecule has 97 valence electrons. The van der Waals surface area contributed by atoms with Gasteiger partial charge in [0, 0.05) is 0 Å². The van der Waals surface area contributed by atoms with Crippen molar-refractivity contribution in [3.63, 3.8) is 0 Å². The van der Waals surface area contributed by atoms with Crippen LogP contribution in [0.1, 0.15) is 77.6 Å². The van der Waals surface area contributed by atoms with Crippen molar-refractivity contribution in [2.24, 2.45) is 11.3 Å². The quantitative estimate of drug-likeness (QED) is 0.354. The summed E-state index contributed by atoms with van der Waals surface area (Å²) in [5.74, 6) is 0.931. The minimum atomic E-state index is 0.548. The second-order valence-corrected chi connectivity index (χ2v) is 6.21. The summed E-state index contributed by atoms with van der Waals surface area (Å²) in [6.07, 6.45) is 23.3. The van der Waals surface area contributed by atoms with Gasteiger partial charge in [-0.1, -0.05) is 64.0 Å². The fraction of sp³-hybridized carbons (Fsp3) is 0.824. The molecule has 1 fully saturated rings. The van der Waals surface area contributed by atoms with Gasteiger partial charge in [0.2, 0.25) is 0 Å². The van der Waals surface area contributed by atoms with Crippen LogP contribution < -0.4 is 0 Å². The summed E-state index contributed by atoms with van der Waals surface area (Å²) >= 11 is 0. The van der Waals surface area contributed by atoms with Gasteiger partial charge in [-0.15, -0.1) is 0 Å². The fourth-order valence-electron chi connectivity index (χ4n) is 3.53. The van der Waals surface area contributed by atoms with Crippen LogP contribution in [0.15, 0.2) is 12.2 Å². The van der Waals surface area contributed by atoms with E-state index in [1.807, 2.05) is 0 Å². The van der Waals surface area contributed by atoms with Gasteiger partial charge in [-0.3, -0.25) is 0 Å². The molecule has 0 aromatic heterocycles. The summed E-state index contributed by atoms with van der Waals surface area (Å²) in [5.41, 5.74) is 0.548. The average molecular weight is 233 g/mol. The van der Waals surface area contributed by atoms with Gasteiger partial charge in [0.1, 0.15) is 0 Å². The molecule has 0 spiro atoms. The van der Waals surface area contributed by atoms with Crippen LogP contribution in [0.2, 0.25) is 0 Å². The summed E-state index contributed by atoms with van der Waals surface area (Å²) in [5, 5.41) is 0. The zero-order valence-electron chi connectivity index (χ0n) is 11.6. The zero-order chi connectivity index (χ0) is 12.0. The molecule has 0 heteroatoms. The van der Waals surface area contributed by atoms with E-state index >= 15 is 0 Å². The molecule has 0 heterocycles. The highest BCUT2D eigenvalue weighted by Gasteiger charge is 2.39. The Kier molecular flexibility index (Phi) is 5.13. The van der Waals surface area contributed by atoms with Crippen molar-refractivity contribution in [2.45, 2.75) is 77.6 Å². The molecule has 2 aliphatic rings. The second kappa shape index (κ2) is 6.61. The monoisotopic (exact) mass is 233 g/mol. The lowest BCUT2D eigenvalue weighted by atomic mass is 9.82. The molecule has 2 unspecified atom stereocenters. The molecule has 0 aliphatic heterocycles. The highest BCUT2D eigenvalue weighted by atomic mass is 14.4. The molecule has 2 bridgehead atoms. The lowest BCUT2D eigenvalue weighted by Crippen LogP contribution is -2.11. The van der Waals surface area contributed by atoms with Crippen LogP contribution in [0.4, 0.5) is 0 Å². The van der Waals surface area contributed by atoms with Crippen LogP contribution in [0, 0.1) is 17.8 Å². The first kappa shape index (κ1) is 13.2. The van der Waals surface area contributed by atoms with Crippen molar-refractivity contribution in [2.75, 3.05) is 0 Å². The maximum Gasteiger partial charge on any atom is -0.00811 e. The Balaban J connectivity index is 1.45. The molecule has 2 atom stereocenters. The van der Waals surface area contributed by atoms with Gasteiger partial charge >= 0.3 is 0 Å². The first-order valence-electron chi connectivity index (χ1n) is 7.88. The minimum Gasteiger partial charge on any atom is -0.0848 e. The molecule has 17 heavy (non-hydrogen) atoms. The number of unbranched alkanes of at least 4 members (excludes halogenated alkanes) is 7. The van der Waals surface area contributed by atoms with Gasteiger partial charge in [0.05, 0.1) is 0 Å². The van der Waals surface area contributed by atoms with E-state index in [1.54, 1.807) is 0 Å². The first-order valence-corrected chi connectivity index (χ1v) is 7.88. The maximum absolute atomic E-state index is 2.64. The van der Waals surface area contributed by atoms with Crippen molar-refractivity contribution >= 4 is 0 Å². The number of rotatable bonds is 9. The number of fused-ring (bicyclic) bond motifs is 2. The molecule has 1 radical (unpaired) electrons. The Morgan fingerprint density at radius 2 is 1.88 bits per heavy atom. The van der Waals surface area contributed by atoms with Gasteiger partial charge < -0.3 is 0 Å². The van der Waals surface area contributed by atoms with E-state index in [2.05, 4.69) is 25.5 Å². The highest BCUT2D eigenvalue weighted by Crippen LogP contribution is 2.51. The fourth-order valence-corrected chi connectivity index (χ4v) is 3.53. The number of hydrogen-bond acceptors (Lipinski definition) is 0. The predicted octanol–water partition coefficient (Wildman–Crippen LogP) is 5.69. The lowest BCUT2D eigenvalue weighted by molar-refractivity contribution is 0.449. The SMILES string of the molecule is CCCCCCCCC[CH]C12C=CC(CC1)C2. The van der Waals surface area contributed by atoms with Gasteiger partial charge in [-0.25, -0.2) is 0 Å². The number of allylic oxidation sites excluding steroid dienone is 2. The maximum atomic E-state index is 2.64. The third-order valence-electron chi connectivity index (χ3n) is 4.68. The zero-order valence-corrected chi connectivity index (χ0v) is 11.6. The van der Waals surface area contributed by atoms with Crippen LogP contribution in [0.5, 0.6) is 0 Å². The normalized spacial score (nSPS) is 30.3. The van der Waals surface area contributed by atoms with Crippen LogP contribution in [-0.2, 0) is 0 Å². The van der Waals surface area contributed by atoms with E-state index in [0.717, 1.165) is 5.92 Å². The molecular weight excluding hydrogens is 204 g/mol. The van der Waals surface area contributed by atoms with Crippen LogP contribution in [0.25, 0.3) is 0 Å². The highest BCUT2D eigenvalue weighted by molar-refractivity contribution is 5.20. The largest absolute Gasteiger partial charge is 0.0848 e. The Morgan fingerprint density at radius 1 is 1.12 bits per heavy atom. The summed E-state index contributed by atoms with van der Waals surface area (Å²) < 4.78 is 0. The summed E-state index contributed by atoms with van der Waals surface area (Å²) in [6, 6.07) is 0. The Bertz CT molecular complexity index is 240. The van der Waals surface area contributed by atoms with E-state index in [4.69, 9.17) is 0 Å². The number of hydrogen-bond donors (Lipinski definition) is 0. The molecule has 1 saturated carbocycles. The van der Waals surface area contributed by atoms with Gasteiger partial charge in [-0.05, 0) is 43.4 Å². The average Bonchev–Trinajstić information content (AvgIpc) is 2.93. The van der Waals surface area contributed by atoms with E-state index in [9.17, 15) is 0 Å². The standard InChI is InChI=1S/C17H29/c1-2-3-4-5-6-7-8-9-12-17-13-10-16(15-17)11-14-17/h10,12-13,16H,2-9,11,14-15H2,1H3. The molecular formula is C17H29. The van der Waals surface area contributed by atoms with Crippen molar-refractivity contribution < 1.29 is 0 Å². The van der Waals surface area contributed by atoms with E-state index in [-0.39, 0.29) is 0 Å². The second-order valence-electron chi connectivity index (χ2n) is 6.21. The Morgan fingerprint density at radius 3 is 2.47 bits per heavy atom.